The van der Waals surface area contributed by atoms with Crippen LogP contribution in [0.1, 0.15) is 77.6 Å². The molecule has 0 aliphatic carbocycles. The predicted octanol–water partition coefficient (Wildman–Crippen LogP) is 4.27. The number of carboxylic acid groups (broad SMARTS) is 1. The van der Waals surface area contributed by atoms with Crippen molar-refractivity contribution in [3.63, 3.8) is 0 Å². The van der Waals surface area contributed by atoms with Gasteiger partial charge >= 0.3 is 5.97 Å². The van der Waals surface area contributed by atoms with Crippen LogP contribution < -0.4 is 0 Å². The highest BCUT2D eigenvalue weighted by atomic mass is 16.6. The third-order valence-electron chi connectivity index (χ3n) is 4.05. The van der Waals surface area contributed by atoms with Crippen LogP contribution >= 0.6 is 0 Å². The van der Waals surface area contributed by atoms with Crippen LogP contribution in [-0.2, 0) is 14.3 Å². The molecule has 1 rings (SSSR count). The SMILES string of the molecule is CCCCCCC1OC1C=CCCCCCCC(=O)C(=O)O. The highest BCUT2D eigenvalue weighted by Gasteiger charge is 2.35. The summed E-state index contributed by atoms with van der Waals surface area (Å²) >= 11 is 0. The molecule has 0 saturated carbocycles. The number of ketones is 1. The van der Waals surface area contributed by atoms with E-state index in [9.17, 15) is 9.59 Å². The highest BCUT2D eigenvalue weighted by molar-refractivity contribution is 6.32. The first-order valence-corrected chi connectivity index (χ1v) is 8.73. The van der Waals surface area contributed by atoms with E-state index in [1.807, 2.05) is 0 Å². The first-order chi connectivity index (χ1) is 10.6. The minimum absolute atomic E-state index is 0.167. The van der Waals surface area contributed by atoms with E-state index in [2.05, 4.69) is 19.1 Å². The predicted molar refractivity (Wildman–Crippen MR) is 86.9 cm³/mol. The number of Topliss-reactive ketones (excluding diaryl/α,β-unsaturated/α-hetero) is 1. The summed E-state index contributed by atoms with van der Waals surface area (Å²) in [5.74, 6) is -1.98. The molecule has 126 valence electrons. The van der Waals surface area contributed by atoms with Crippen LogP contribution in [0.25, 0.3) is 0 Å². The van der Waals surface area contributed by atoms with Gasteiger partial charge < -0.3 is 9.84 Å². The standard InChI is InChI=1S/C18H30O4/c1-2-3-4-10-13-16-17(22-16)14-11-8-6-5-7-9-12-15(19)18(20)21/h11,14,16-17H,2-10,12-13H2,1H3,(H,20,21). The summed E-state index contributed by atoms with van der Waals surface area (Å²) in [6.45, 7) is 2.23. The van der Waals surface area contributed by atoms with Crippen molar-refractivity contribution in [3.8, 4) is 0 Å². The lowest BCUT2D eigenvalue weighted by atomic mass is 10.1. The van der Waals surface area contributed by atoms with Crippen molar-refractivity contribution in [2.45, 2.75) is 89.8 Å². The molecule has 0 bridgehead atoms. The fourth-order valence-corrected chi connectivity index (χ4v) is 2.57. The summed E-state index contributed by atoms with van der Waals surface area (Å²) in [6.07, 6.45) is 16.5. The molecule has 0 aromatic rings. The second-order valence-corrected chi connectivity index (χ2v) is 6.10. The number of ether oxygens (including phenoxy) is 1. The summed E-state index contributed by atoms with van der Waals surface area (Å²) in [4.78, 5) is 21.2. The third-order valence-corrected chi connectivity index (χ3v) is 4.05. The van der Waals surface area contributed by atoms with Gasteiger partial charge in [0, 0.05) is 6.42 Å². The molecular weight excluding hydrogens is 280 g/mol. The quantitative estimate of drug-likeness (QED) is 0.225. The average Bonchev–Trinajstić information content (AvgIpc) is 3.24. The minimum Gasteiger partial charge on any atom is -0.476 e. The third kappa shape index (κ3) is 8.98. The zero-order chi connectivity index (χ0) is 16.2. The number of hydrogen-bond acceptors (Lipinski definition) is 3. The van der Waals surface area contributed by atoms with E-state index in [1.54, 1.807) is 0 Å². The van der Waals surface area contributed by atoms with Crippen molar-refractivity contribution in [3.05, 3.63) is 12.2 Å². The lowest BCUT2D eigenvalue weighted by Gasteiger charge is -1.97. The van der Waals surface area contributed by atoms with E-state index in [0.717, 1.165) is 25.7 Å². The Hall–Kier alpha value is -1.16. The van der Waals surface area contributed by atoms with Crippen LogP contribution in [0.5, 0.6) is 0 Å². The molecule has 1 heterocycles. The Labute approximate surface area is 133 Å². The molecule has 2 unspecified atom stereocenters. The summed E-state index contributed by atoms with van der Waals surface area (Å²) in [7, 11) is 0. The molecule has 4 heteroatoms. The van der Waals surface area contributed by atoms with Crippen molar-refractivity contribution in [2.24, 2.45) is 0 Å². The maximum absolute atomic E-state index is 10.9. The van der Waals surface area contributed by atoms with Gasteiger partial charge in [0.15, 0.2) is 0 Å². The molecule has 1 fully saturated rings. The Morgan fingerprint density at radius 3 is 2.50 bits per heavy atom. The summed E-state index contributed by atoms with van der Waals surface area (Å²) in [5.41, 5.74) is 0. The second kappa shape index (κ2) is 11.4. The lowest BCUT2D eigenvalue weighted by Crippen LogP contribution is -2.11. The monoisotopic (exact) mass is 310 g/mol. The number of hydrogen-bond donors (Lipinski definition) is 1. The molecule has 0 aromatic heterocycles. The van der Waals surface area contributed by atoms with Crippen LogP contribution in [-0.4, -0.2) is 29.1 Å². The average molecular weight is 310 g/mol. The first kappa shape index (κ1) is 18.9. The second-order valence-electron chi connectivity index (χ2n) is 6.10. The fourth-order valence-electron chi connectivity index (χ4n) is 2.57. The van der Waals surface area contributed by atoms with Crippen LogP contribution in [0.15, 0.2) is 12.2 Å². The molecule has 1 saturated heterocycles. The smallest absolute Gasteiger partial charge is 0.372 e. The van der Waals surface area contributed by atoms with Gasteiger partial charge in [-0.05, 0) is 25.7 Å². The Morgan fingerprint density at radius 2 is 1.77 bits per heavy atom. The van der Waals surface area contributed by atoms with Crippen LogP contribution in [0.2, 0.25) is 0 Å². The maximum Gasteiger partial charge on any atom is 0.372 e. The summed E-state index contributed by atoms with van der Waals surface area (Å²) in [5, 5.41) is 8.44. The maximum atomic E-state index is 10.9. The number of epoxide rings is 1. The van der Waals surface area contributed by atoms with Crippen molar-refractivity contribution < 1.29 is 19.4 Å². The molecule has 22 heavy (non-hydrogen) atoms. The van der Waals surface area contributed by atoms with Gasteiger partial charge in [-0.1, -0.05) is 57.6 Å². The Balaban J connectivity index is 1.87. The molecule has 1 aliphatic heterocycles. The highest BCUT2D eigenvalue weighted by Crippen LogP contribution is 2.28. The number of allylic oxidation sites excluding steroid dienone is 1. The fraction of sp³-hybridized carbons (Fsp3) is 0.778. The van der Waals surface area contributed by atoms with E-state index in [-0.39, 0.29) is 6.42 Å². The van der Waals surface area contributed by atoms with Gasteiger partial charge in [0.25, 0.3) is 0 Å². The van der Waals surface area contributed by atoms with Gasteiger partial charge in [0.2, 0.25) is 5.78 Å². The van der Waals surface area contributed by atoms with Gasteiger partial charge in [0.1, 0.15) is 6.10 Å². The van der Waals surface area contributed by atoms with Gasteiger partial charge in [0.05, 0.1) is 6.10 Å². The van der Waals surface area contributed by atoms with Crippen LogP contribution in [0, 0.1) is 0 Å². The number of carbonyl (C=O) groups excluding carboxylic acids is 1. The van der Waals surface area contributed by atoms with E-state index in [1.165, 1.54) is 32.1 Å². The van der Waals surface area contributed by atoms with E-state index >= 15 is 0 Å². The van der Waals surface area contributed by atoms with Crippen molar-refractivity contribution >= 4 is 11.8 Å². The van der Waals surface area contributed by atoms with Gasteiger partial charge in [-0.25, -0.2) is 4.79 Å². The van der Waals surface area contributed by atoms with Crippen molar-refractivity contribution in [1.29, 1.82) is 0 Å². The molecule has 2 atom stereocenters. The zero-order valence-electron chi connectivity index (χ0n) is 13.8. The van der Waals surface area contributed by atoms with E-state index in [0.29, 0.717) is 18.6 Å². The number of rotatable bonds is 14. The van der Waals surface area contributed by atoms with Gasteiger partial charge in [-0.3, -0.25) is 4.79 Å². The largest absolute Gasteiger partial charge is 0.476 e. The van der Waals surface area contributed by atoms with E-state index < -0.39 is 11.8 Å². The number of carbonyl (C=O) groups is 2. The van der Waals surface area contributed by atoms with Crippen LogP contribution in [0.3, 0.4) is 0 Å². The van der Waals surface area contributed by atoms with Gasteiger partial charge in [-0.15, -0.1) is 0 Å². The van der Waals surface area contributed by atoms with Crippen molar-refractivity contribution in [2.75, 3.05) is 0 Å². The lowest BCUT2D eigenvalue weighted by molar-refractivity contribution is -0.149. The minimum atomic E-state index is -1.31. The summed E-state index contributed by atoms with van der Waals surface area (Å²) in [6, 6.07) is 0. The molecule has 0 spiro atoms. The summed E-state index contributed by atoms with van der Waals surface area (Å²) < 4.78 is 5.61. The molecule has 0 radical (unpaired) electrons. The number of aliphatic carboxylic acids is 1. The van der Waals surface area contributed by atoms with Crippen LogP contribution in [0.4, 0.5) is 0 Å². The van der Waals surface area contributed by atoms with Gasteiger partial charge in [-0.2, -0.15) is 0 Å². The Bertz CT molecular complexity index is 362. The molecular formula is C18H30O4. The molecule has 4 nitrogen and oxygen atoms in total. The van der Waals surface area contributed by atoms with Crippen molar-refractivity contribution in [1.82, 2.24) is 0 Å². The molecule has 1 aliphatic rings. The Morgan fingerprint density at radius 1 is 1.05 bits per heavy atom. The Kier molecular flexibility index (Phi) is 9.80. The molecule has 0 amide bonds. The first-order valence-electron chi connectivity index (χ1n) is 8.73. The zero-order valence-corrected chi connectivity index (χ0v) is 13.8. The topological polar surface area (TPSA) is 66.9 Å². The normalized spacial score (nSPS) is 20.4. The number of carboxylic acids is 1. The molecule has 0 aromatic carbocycles. The number of unbranched alkanes of at least 4 members (excludes halogenated alkanes) is 7. The molecule has 1 N–H and O–H groups in total. The van der Waals surface area contributed by atoms with E-state index in [4.69, 9.17) is 9.84 Å².